The predicted octanol–water partition coefficient (Wildman–Crippen LogP) is 3.66. The lowest BCUT2D eigenvalue weighted by molar-refractivity contribution is 0.202. The molecule has 5 heteroatoms. The number of hydrogen-bond donors (Lipinski definition) is 1. The van der Waals surface area contributed by atoms with Gasteiger partial charge in [0.1, 0.15) is 5.75 Å². The van der Waals surface area contributed by atoms with Gasteiger partial charge in [-0.1, -0.05) is 38.8 Å². The molecule has 1 aromatic heterocycles. The van der Waals surface area contributed by atoms with Crippen LogP contribution in [-0.2, 0) is 6.54 Å². The fourth-order valence-corrected chi connectivity index (χ4v) is 3.34. The summed E-state index contributed by atoms with van der Waals surface area (Å²) in [5, 5.41) is 11.9. The highest BCUT2D eigenvalue weighted by Gasteiger charge is 2.27. The molecule has 0 saturated heterocycles. The molecule has 3 rings (SSSR count). The summed E-state index contributed by atoms with van der Waals surface area (Å²) in [7, 11) is 1.64. The summed E-state index contributed by atoms with van der Waals surface area (Å²) in [6.07, 6.45) is 3.84. The van der Waals surface area contributed by atoms with Gasteiger partial charge < -0.3 is 14.5 Å². The summed E-state index contributed by atoms with van der Waals surface area (Å²) in [5.41, 5.74) is 0.827. The third kappa shape index (κ3) is 3.55. The van der Waals surface area contributed by atoms with Crippen molar-refractivity contribution in [1.82, 2.24) is 15.5 Å². The minimum atomic E-state index is 0.504. The topological polar surface area (TPSA) is 60.2 Å². The molecule has 1 N–H and O–H groups in total. The van der Waals surface area contributed by atoms with Gasteiger partial charge in [-0.25, -0.2) is 0 Å². The minimum Gasteiger partial charge on any atom is -0.496 e. The molecule has 0 aliphatic heterocycles. The molecule has 124 valence electrons. The number of aromatic nitrogens is 2. The van der Waals surface area contributed by atoms with Crippen molar-refractivity contribution in [2.45, 2.75) is 45.7 Å². The van der Waals surface area contributed by atoms with Crippen molar-refractivity contribution < 1.29 is 9.15 Å². The quantitative estimate of drug-likeness (QED) is 0.912. The van der Waals surface area contributed by atoms with E-state index in [9.17, 15) is 0 Å². The maximum absolute atomic E-state index is 5.80. The molecule has 3 atom stereocenters. The first-order valence-electron chi connectivity index (χ1n) is 8.38. The largest absolute Gasteiger partial charge is 0.496 e. The highest BCUT2D eigenvalue weighted by Crippen LogP contribution is 2.30. The summed E-state index contributed by atoms with van der Waals surface area (Å²) < 4.78 is 11.1. The number of para-hydroxylation sites is 1. The van der Waals surface area contributed by atoms with Crippen LogP contribution in [0.15, 0.2) is 28.7 Å². The van der Waals surface area contributed by atoms with Crippen LogP contribution >= 0.6 is 0 Å². The fraction of sp³-hybridized carbons (Fsp3) is 0.556. The molecule has 1 aliphatic carbocycles. The Balaban J connectivity index is 1.66. The van der Waals surface area contributed by atoms with Gasteiger partial charge in [-0.2, -0.15) is 0 Å². The van der Waals surface area contributed by atoms with E-state index in [4.69, 9.17) is 9.15 Å². The Morgan fingerprint density at radius 2 is 2.04 bits per heavy atom. The van der Waals surface area contributed by atoms with Gasteiger partial charge in [-0.3, -0.25) is 0 Å². The Hall–Kier alpha value is -1.88. The second-order valence-corrected chi connectivity index (χ2v) is 6.46. The molecular formula is C18H25N3O2. The first kappa shape index (κ1) is 16.0. The second kappa shape index (κ2) is 7.13. The van der Waals surface area contributed by atoms with Gasteiger partial charge >= 0.3 is 0 Å². The van der Waals surface area contributed by atoms with Crippen LogP contribution in [0.1, 0.15) is 39.0 Å². The van der Waals surface area contributed by atoms with E-state index in [1.165, 1.54) is 19.3 Å². The number of benzene rings is 1. The van der Waals surface area contributed by atoms with Gasteiger partial charge in [0.25, 0.3) is 5.89 Å². The van der Waals surface area contributed by atoms with Crippen LogP contribution in [0.25, 0.3) is 11.5 Å². The zero-order chi connectivity index (χ0) is 16.2. The van der Waals surface area contributed by atoms with E-state index in [-0.39, 0.29) is 0 Å². The number of methoxy groups -OCH3 is 1. The predicted molar refractivity (Wildman–Crippen MR) is 89.1 cm³/mol. The number of nitrogens with one attached hydrogen (secondary N) is 1. The van der Waals surface area contributed by atoms with Crippen molar-refractivity contribution in [3.8, 4) is 17.2 Å². The van der Waals surface area contributed by atoms with Crippen LogP contribution in [0, 0.1) is 11.8 Å². The van der Waals surface area contributed by atoms with E-state index in [0.29, 0.717) is 30.3 Å². The molecule has 0 spiro atoms. The molecule has 1 saturated carbocycles. The number of nitrogens with zero attached hydrogens (tertiary/aromatic N) is 2. The number of rotatable bonds is 5. The summed E-state index contributed by atoms with van der Waals surface area (Å²) >= 11 is 0. The highest BCUT2D eigenvalue weighted by atomic mass is 16.5. The Bertz CT molecular complexity index is 641. The van der Waals surface area contributed by atoms with E-state index in [2.05, 4.69) is 29.4 Å². The van der Waals surface area contributed by atoms with E-state index < -0.39 is 0 Å². The van der Waals surface area contributed by atoms with Crippen molar-refractivity contribution >= 4 is 0 Å². The lowest BCUT2D eigenvalue weighted by atomic mass is 9.78. The standard InChI is InChI=1S/C18H25N3O2/c1-12-7-6-9-15(13(12)2)19-11-17-20-21-18(23-17)14-8-4-5-10-16(14)22-3/h4-5,8,10,12-13,15,19H,6-7,9,11H2,1-3H3/t12-,13+,15+/m0/s1. The van der Waals surface area contributed by atoms with E-state index >= 15 is 0 Å². The Morgan fingerprint density at radius 3 is 2.87 bits per heavy atom. The van der Waals surface area contributed by atoms with Crippen molar-refractivity contribution in [3.63, 3.8) is 0 Å². The van der Waals surface area contributed by atoms with Gasteiger partial charge in [-0.05, 0) is 30.4 Å². The van der Waals surface area contributed by atoms with Crippen molar-refractivity contribution in [2.75, 3.05) is 7.11 Å². The van der Waals surface area contributed by atoms with Crippen LogP contribution < -0.4 is 10.1 Å². The minimum absolute atomic E-state index is 0.504. The molecule has 5 nitrogen and oxygen atoms in total. The molecule has 23 heavy (non-hydrogen) atoms. The monoisotopic (exact) mass is 315 g/mol. The zero-order valence-corrected chi connectivity index (χ0v) is 14.1. The van der Waals surface area contributed by atoms with Crippen LogP contribution in [0.5, 0.6) is 5.75 Å². The van der Waals surface area contributed by atoms with Crippen LogP contribution in [0.4, 0.5) is 0 Å². The first-order valence-corrected chi connectivity index (χ1v) is 8.38. The number of hydrogen-bond acceptors (Lipinski definition) is 5. The van der Waals surface area contributed by atoms with Gasteiger partial charge in [0.15, 0.2) is 0 Å². The van der Waals surface area contributed by atoms with Gasteiger partial charge in [0, 0.05) is 6.04 Å². The van der Waals surface area contributed by atoms with Crippen LogP contribution in [0.2, 0.25) is 0 Å². The highest BCUT2D eigenvalue weighted by molar-refractivity contribution is 5.62. The molecule has 1 aliphatic rings. The molecule has 1 heterocycles. The lowest BCUT2D eigenvalue weighted by Crippen LogP contribution is -2.40. The third-order valence-corrected chi connectivity index (χ3v) is 5.03. The Morgan fingerprint density at radius 1 is 1.22 bits per heavy atom. The average Bonchev–Trinajstić information content (AvgIpc) is 3.05. The van der Waals surface area contributed by atoms with Gasteiger partial charge in [-0.15, -0.1) is 10.2 Å². The smallest absolute Gasteiger partial charge is 0.251 e. The molecular weight excluding hydrogens is 290 g/mol. The molecule has 0 bridgehead atoms. The van der Waals surface area contributed by atoms with E-state index in [0.717, 1.165) is 17.2 Å². The summed E-state index contributed by atoms with van der Waals surface area (Å²) in [6.45, 7) is 5.28. The third-order valence-electron chi connectivity index (χ3n) is 5.03. The van der Waals surface area contributed by atoms with E-state index in [1.807, 2.05) is 24.3 Å². The molecule has 0 radical (unpaired) electrons. The summed E-state index contributed by atoms with van der Waals surface area (Å²) in [6, 6.07) is 8.20. The molecule has 1 aromatic carbocycles. The maximum atomic E-state index is 5.80. The van der Waals surface area contributed by atoms with Gasteiger partial charge in [0.05, 0.1) is 19.2 Å². The normalized spacial score (nSPS) is 24.6. The van der Waals surface area contributed by atoms with Crippen LogP contribution in [0.3, 0.4) is 0 Å². The summed E-state index contributed by atoms with van der Waals surface area (Å²) in [5.74, 6) is 3.32. The van der Waals surface area contributed by atoms with Crippen molar-refractivity contribution in [1.29, 1.82) is 0 Å². The second-order valence-electron chi connectivity index (χ2n) is 6.46. The molecule has 0 unspecified atom stereocenters. The van der Waals surface area contributed by atoms with E-state index in [1.54, 1.807) is 7.11 Å². The first-order chi connectivity index (χ1) is 11.2. The van der Waals surface area contributed by atoms with Crippen molar-refractivity contribution in [2.24, 2.45) is 11.8 Å². The molecule has 0 amide bonds. The average molecular weight is 315 g/mol. The Labute approximate surface area is 137 Å². The zero-order valence-electron chi connectivity index (χ0n) is 14.1. The van der Waals surface area contributed by atoms with Crippen molar-refractivity contribution in [3.05, 3.63) is 30.2 Å². The van der Waals surface area contributed by atoms with Crippen LogP contribution in [-0.4, -0.2) is 23.3 Å². The molecule has 1 fully saturated rings. The fourth-order valence-electron chi connectivity index (χ4n) is 3.34. The maximum Gasteiger partial charge on any atom is 0.251 e. The SMILES string of the molecule is COc1ccccc1-c1nnc(CN[C@@H]2CCC[C@H](C)[C@H]2C)o1. The van der Waals surface area contributed by atoms with Gasteiger partial charge in [0.2, 0.25) is 5.89 Å². The lowest BCUT2D eigenvalue weighted by Gasteiger charge is -2.34. The summed E-state index contributed by atoms with van der Waals surface area (Å²) in [4.78, 5) is 0. The molecule has 2 aromatic rings. The Kier molecular flexibility index (Phi) is 4.96. The number of ether oxygens (including phenoxy) is 1.